The van der Waals surface area contributed by atoms with Crippen LogP contribution >= 0.6 is 0 Å². The van der Waals surface area contributed by atoms with Gasteiger partial charge in [0.25, 0.3) is 0 Å². The van der Waals surface area contributed by atoms with Gasteiger partial charge in [-0.2, -0.15) is 5.10 Å². The number of hydrogen-bond donors (Lipinski definition) is 1. The predicted molar refractivity (Wildman–Crippen MR) is 84.0 cm³/mol. The number of aromatic nitrogens is 4. The molecule has 5 nitrogen and oxygen atoms in total. The smallest absolute Gasteiger partial charge is 0.138 e. The van der Waals surface area contributed by atoms with Crippen molar-refractivity contribution < 1.29 is 0 Å². The van der Waals surface area contributed by atoms with E-state index < -0.39 is 0 Å². The number of pyridine rings is 1. The first-order chi connectivity index (χ1) is 10.1. The van der Waals surface area contributed by atoms with Gasteiger partial charge in [-0.25, -0.2) is 9.67 Å². The van der Waals surface area contributed by atoms with Gasteiger partial charge in [0.05, 0.1) is 0 Å². The van der Waals surface area contributed by atoms with Gasteiger partial charge in [-0.05, 0) is 36.6 Å². The maximum absolute atomic E-state index is 4.44. The van der Waals surface area contributed by atoms with E-state index in [1.54, 1.807) is 6.33 Å². The summed E-state index contributed by atoms with van der Waals surface area (Å²) in [6, 6.07) is 2.28. The lowest BCUT2D eigenvalue weighted by Crippen LogP contribution is -2.25. The molecular weight excluding hydrogens is 262 g/mol. The number of aryl methyl sites for hydroxylation is 1. The number of likely N-dealkylation sites (N-methyl/N-ethyl adjacent to an activating group) is 1. The number of nitrogens with one attached hydrogen (secondary N) is 1. The second-order valence-corrected chi connectivity index (χ2v) is 5.80. The van der Waals surface area contributed by atoms with E-state index in [-0.39, 0.29) is 6.04 Å². The second kappa shape index (κ2) is 7.31. The molecule has 1 unspecified atom stereocenters. The maximum Gasteiger partial charge on any atom is 0.138 e. The van der Waals surface area contributed by atoms with Crippen LogP contribution in [0.3, 0.4) is 0 Å². The van der Waals surface area contributed by atoms with E-state index in [1.807, 2.05) is 17.1 Å². The Bertz CT molecular complexity index is 561. The van der Waals surface area contributed by atoms with Crippen molar-refractivity contribution in [3.8, 4) is 0 Å². The van der Waals surface area contributed by atoms with Gasteiger partial charge in [0.1, 0.15) is 12.2 Å². The van der Waals surface area contributed by atoms with E-state index in [9.17, 15) is 0 Å². The molecule has 1 N–H and O–H groups in total. The molecule has 5 heteroatoms. The molecule has 2 aromatic heterocycles. The van der Waals surface area contributed by atoms with Gasteiger partial charge < -0.3 is 5.32 Å². The molecule has 2 rings (SSSR count). The minimum atomic E-state index is 0.221. The van der Waals surface area contributed by atoms with Crippen molar-refractivity contribution in [3.63, 3.8) is 0 Å². The fourth-order valence-corrected chi connectivity index (χ4v) is 2.51. The molecule has 0 fully saturated rings. The molecule has 0 radical (unpaired) electrons. The SMILES string of the molecule is CCNC(Cc1ncnn1CC(C)C)c1cnccc1C. The molecule has 2 aromatic rings. The first-order valence-corrected chi connectivity index (χ1v) is 7.62. The van der Waals surface area contributed by atoms with Crippen LogP contribution in [0, 0.1) is 12.8 Å². The summed E-state index contributed by atoms with van der Waals surface area (Å²) in [5.41, 5.74) is 2.49. The molecular formula is C16H25N5. The fraction of sp³-hybridized carbons (Fsp3) is 0.562. The highest BCUT2D eigenvalue weighted by Gasteiger charge is 2.17. The highest BCUT2D eigenvalue weighted by molar-refractivity contribution is 5.25. The van der Waals surface area contributed by atoms with E-state index in [0.29, 0.717) is 5.92 Å². The normalized spacial score (nSPS) is 12.8. The molecule has 0 bridgehead atoms. The Morgan fingerprint density at radius 2 is 2.14 bits per heavy atom. The standard InChI is InChI=1S/C16H25N5/c1-5-18-15(14-9-17-7-6-13(14)4)8-16-19-11-20-21(16)10-12(2)3/h6-7,9,11-12,15,18H,5,8,10H2,1-4H3. The van der Waals surface area contributed by atoms with Gasteiger partial charge in [0.15, 0.2) is 0 Å². The highest BCUT2D eigenvalue weighted by atomic mass is 15.3. The molecule has 2 heterocycles. The summed E-state index contributed by atoms with van der Waals surface area (Å²) in [6.07, 6.45) is 6.26. The number of rotatable bonds is 7. The fourth-order valence-electron chi connectivity index (χ4n) is 2.51. The molecule has 0 amide bonds. The minimum Gasteiger partial charge on any atom is -0.310 e. The Kier molecular flexibility index (Phi) is 5.44. The van der Waals surface area contributed by atoms with Crippen molar-refractivity contribution in [1.82, 2.24) is 25.1 Å². The van der Waals surface area contributed by atoms with E-state index >= 15 is 0 Å². The summed E-state index contributed by atoms with van der Waals surface area (Å²) in [7, 11) is 0. The van der Waals surface area contributed by atoms with Crippen LogP contribution in [0.4, 0.5) is 0 Å². The summed E-state index contributed by atoms with van der Waals surface area (Å²) >= 11 is 0. The maximum atomic E-state index is 4.44. The predicted octanol–water partition coefficient (Wildman–Crippen LogP) is 2.53. The first-order valence-electron chi connectivity index (χ1n) is 7.62. The topological polar surface area (TPSA) is 55.6 Å². The van der Waals surface area contributed by atoms with Crippen molar-refractivity contribution >= 4 is 0 Å². The van der Waals surface area contributed by atoms with Crippen LogP contribution in [-0.2, 0) is 13.0 Å². The summed E-state index contributed by atoms with van der Waals surface area (Å²) in [6.45, 7) is 10.5. The third-order valence-electron chi connectivity index (χ3n) is 3.53. The molecule has 1 atom stereocenters. The van der Waals surface area contributed by atoms with E-state index in [1.165, 1.54) is 11.1 Å². The van der Waals surface area contributed by atoms with Crippen LogP contribution in [0.1, 0.15) is 43.8 Å². The Hall–Kier alpha value is -1.75. The Morgan fingerprint density at radius 3 is 2.81 bits per heavy atom. The quantitative estimate of drug-likeness (QED) is 0.850. The largest absolute Gasteiger partial charge is 0.310 e. The highest BCUT2D eigenvalue weighted by Crippen LogP contribution is 2.20. The minimum absolute atomic E-state index is 0.221. The van der Waals surface area contributed by atoms with E-state index in [4.69, 9.17) is 0 Å². The molecule has 114 valence electrons. The van der Waals surface area contributed by atoms with E-state index in [0.717, 1.165) is 25.3 Å². The zero-order valence-electron chi connectivity index (χ0n) is 13.4. The molecule has 0 saturated heterocycles. The van der Waals surface area contributed by atoms with Gasteiger partial charge in [0.2, 0.25) is 0 Å². The van der Waals surface area contributed by atoms with Crippen molar-refractivity contribution in [2.75, 3.05) is 6.54 Å². The van der Waals surface area contributed by atoms with Crippen molar-refractivity contribution in [1.29, 1.82) is 0 Å². The third-order valence-corrected chi connectivity index (χ3v) is 3.53. The van der Waals surface area contributed by atoms with E-state index in [2.05, 4.69) is 54.1 Å². The van der Waals surface area contributed by atoms with Crippen LogP contribution in [0.5, 0.6) is 0 Å². The van der Waals surface area contributed by atoms with Crippen molar-refractivity contribution in [2.45, 2.75) is 46.7 Å². The molecule has 0 spiro atoms. The third kappa shape index (κ3) is 4.11. The average molecular weight is 287 g/mol. The van der Waals surface area contributed by atoms with Crippen LogP contribution in [-0.4, -0.2) is 26.3 Å². The lowest BCUT2D eigenvalue weighted by Gasteiger charge is -2.20. The summed E-state index contributed by atoms with van der Waals surface area (Å²) in [4.78, 5) is 8.70. The number of nitrogens with zero attached hydrogens (tertiary/aromatic N) is 4. The zero-order valence-corrected chi connectivity index (χ0v) is 13.4. The van der Waals surface area contributed by atoms with Crippen LogP contribution in [0.15, 0.2) is 24.8 Å². The zero-order chi connectivity index (χ0) is 15.2. The Morgan fingerprint density at radius 1 is 1.33 bits per heavy atom. The van der Waals surface area contributed by atoms with Crippen molar-refractivity contribution in [3.05, 3.63) is 41.7 Å². The van der Waals surface area contributed by atoms with Gasteiger partial charge in [-0.15, -0.1) is 0 Å². The molecule has 0 saturated carbocycles. The van der Waals surface area contributed by atoms with Crippen molar-refractivity contribution in [2.24, 2.45) is 5.92 Å². The average Bonchev–Trinajstić information content (AvgIpc) is 2.85. The Labute approximate surface area is 126 Å². The molecule has 21 heavy (non-hydrogen) atoms. The van der Waals surface area contributed by atoms with Crippen LogP contribution < -0.4 is 5.32 Å². The summed E-state index contributed by atoms with van der Waals surface area (Å²) in [5.74, 6) is 1.58. The number of hydrogen-bond acceptors (Lipinski definition) is 4. The molecule has 0 aliphatic rings. The first kappa shape index (κ1) is 15.6. The second-order valence-electron chi connectivity index (χ2n) is 5.80. The summed E-state index contributed by atoms with van der Waals surface area (Å²) in [5, 5.41) is 7.89. The van der Waals surface area contributed by atoms with Gasteiger partial charge in [-0.3, -0.25) is 4.98 Å². The van der Waals surface area contributed by atoms with Gasteiger partial charge in [-0.1, -0.05) is 20.8 Å². The van der Waals surface area contributed by atoms with Crippen LogP contribution in [0.25, 0.3) is 0 Å². The van der Waals surface area contributed by atoms with Crippen LogP contribution in [0.2, 0.25) is 0 Å². The molecule has 0 aromatic carbocycles. The Balaban J connectivity index is 2.21. The monoisotopic (exact) mass is 287 g/mol. The molecule has 0 aliphatic carbocycles. The lowest BCUT2D eigenvalue weighted by atomic mass is 10.0. The van der Waals surface area contributed by atoms with Gasteiger partial charge in [0, 0.05) is 31.4 Å². The summed E-state index contributed by atoms with van der Waals surface area (Å²) < 4.78 is 2.01. The molecule has 0 aliphatic heterocycles. The van der Waals surface area contributed by atoms with Gasteiger partial charge >= 0.3 is 0 Å². The lowest BCUT2D eigenvalue weighted by molar-refractivity contribution is 0.446.